The van der Waals surface area contributed by atoms with Crippen molar-refractivity contribution in [3.05, 3.63) is 64.2 Å². The molecule has 0 saturated carbocycles. The van der Waals surface area contributed by atoms with Crippen LogP contribution in [0.4, 0.5) is 0 Å². The molecule has 0 heterocycles. The molecular formula is C14H11ClO3. The summed E-state index contributed by atoms with van der Waals surface area (Å²) in [6.45, 7) is 0. The summed E-state index contributed by atoms with van der Waals surface area (Å²) in [5.74, 6) is -1.43. The van der Waals surface area contributed by atoms with Crippen LogP contribution in [0.1, 0.15) is 21.5 Å². The van der Waals surface area contributed by atoms with E-state index >= 15 is 0 Å². The first-order chi connectivity index (χ1) is 8.59. The van der Waals surface area contributed by atoms with Crippen LogP contribution >= 0.6 is 11.6 Å². The van der Waals surface area contributed by atoms with Gasteiger partial charge in [-0.2, -0.15) is 0 Å². The predicted octanol–water partition coefficient (Wildman–Crippen LogP) is 3.33. The van der Waals surface area contributed by atoms with Gasteiger partial charge in [-0.3, -0.25) is 0 Å². The maximum atomic E-state index is 10.9. The summed E-state index contributed by atoms with van der Waals surface area (Å²) in [7, 11) is 0. The van der Waals surface area contributed by atoms with Gasteiger partial charge in [0, 0.05) is 17.0 Å². The van der Waals surface area contributed by atoms with E-state index in [2.05, 4.69) is 0 Å². The van der Waals surface area contributed by atoms with Crippen LogP contribution in [0.3, 0.4) is 0 Å². The number of hydrogen-bond donors (Lipinski definition) is 2. The molecule has 18 heavy (non-hydrogen) atoms. The summed E-state index contributed by atoms with van der Waals surface area (Å²) in [5, 5.41) is 19.2. The van der Waals surface area contributed by atoms with Crippen LogP contribution < -0.4 is 0 Å². The topological polar surface area (TPSA) is 57.5 Å². The Labute approximate surface area is 109 Å². The number of carboxylic acid groups (broad SMARTS) is 1. The number of benzene rings is 2. The van der Waals surface area contributed by atoms with E-state index < -0.39 is 5.97 Å². The Morgan fingerprint density at radius 3 is 2.39 bits per heavy atom. The fourth-order valence-electron chi connectivity index (χ4n) is 1.75. The molecule has 0 aromatic heterocycles. The van der Waals surface area contributed by atoms with Gasteiger partial charge in [-0.1, -0.05) is 41.9 Å². The van der Waals surface area contributed by atoms with Crippen molar-refractivity contribution in [1.29, 1.82) is 0 Å². The largest absolute Gasteiger partial charge is 0.507 e. The molecule has 2 aromatic rings. The Balaban J connectivity index is 2.44. The Bertz CT molecular complexity index is 579. The number of rotatable bonds is 3. The lowest BCUT2D eigenvalue weighted by molar-refractivity contribution is 0.0693. The van der Waals surface area contributed by atoms with Crippen molar-refractivity contribution in [3.8, 4) is 5.75 Å². The molecule has 2 N–H and O–H groups in total. The third-order valence-electron chi connectivity index (χ3n) is 2.68. The Kier molecular flexibility index (Phi) is 3.53. The van der Waals surface area contributed by atoms with Crippen molar-refractivity contribution in [1.82, 2.24) is 0 Å². The number of carboxylic acids is 1. The average Bonchev–Trinajstić information content (AvgIpc) is 2.35. The Morgan fingerprint density at radius 2 is 1.78 bits per heavy atom. The second kappa shape index (κ2) is 5.10. The summed E-state index contributed by atoms with van der Waals surface area (Å²) in [4.78, 5) is 10.9. The van der Waals surface area contributed by atoms with Crippen LogP contribution in [-0.2, 0) is 6.42 Å². The molecule has 92 valence electrons. The SMILES string of the molecule is O=C(O)c1ccc(Cl)c(Cc2ccccc2)c1O. The second-order valence-corrected chi connectivity index (χ2v) is 4.30. The van der Waals surface area contributed by atoms with Gasteiger partial charge in [0.15, 0.2) is 0 Å². The van der Waals surface area contributed by atoms with Gasteiger partial charge in [-0.25, -0.2) is 4.79 Å². The van der Waals surface area contributed by atoms with Gasteiger partial charge >= 0.3 is 5.97 Å². The zero-order chi connectivity index (χ0) is 13.1. The average molecular weight is 263 g/mol. The van der Waals surface area contributed by atoms with Crippen LogP contribution in [0.15, 0.2) is 42.5 Å². The van der Waals surface area contributed by atoms with Crippen LogP contribution in [-0.4, -0.2) is 16.2 Å². The molecule has 0 unspecified atom stereocenters. The van der Waals surface area contributed by atoms with Gasteiger partial charge in [0.2, 0.25) is 0 Å². The fourth-order valence-corrected chi connectivity index (χ4v) is 1.97. The van der Waals surface area contributed by atoms with Crippen molar-refractivity contribution in [2.45, 2.75) is 6.42 Å². The highest BCUT2D eigenvalue weighted by Gasteiger charge is 2.16. The second-order valence-electron chi connectivity index (χ2n) is 3.89. The van der Waals surface area contributed by atoms with Crippen molar-refractivity contribution >= 4 is 17.6 Å². The molecule has 0 amide bonds. The number of carbonyl (C=O) groups is 1. The minimum atomic E-state index is -1.17. The van der Waals surface area contributed by atoms with Crippen molar-refractivity contribution in [3.63, 3.8) is 0 Å². The lowest BCUT2D eigenvalue weighted by atomic mass is 10.0. The molecule has 0 saturated heterocycles. The van der Waals surface area contributed by atoms with E-state index in [1.807, 2.05) is 30.3 Å². The number of aromatic hydroxyl groups is 1. The van der Waals surface area contributed by atoms with Gasteiger partial charge in [0.25, 0.3) is 0 Å². The molecular weight excluding hydrogens is 252 g/mol. The number of phenols is 1. The normalized spacial score (nSPS) is 10.3. The first kappa shape index (κ1) is 12.5. The van der Waals surface area contributed by atoms with E-state index in [4.69, 9.17) is 16.7 Å². The molecule has 0 radical (unpaired) electrons. The highest BCUT2D eigenvalue weighted by molar-refractivity contribution is 6.31. The van der Waals surface area contributed by atoms with E-state index in [1.54, 1.807) is 0 Å². The third-order valence-corrected chi connectivity index (χ3v) is 3.03. The minimum Gasteiger partial charge on any atom is -0.507 e. The van der Waals surface area contributed by atoms with Gasteiger partial charge in [0.1, 0.15) is 11.3 Å². The Morgan fingerprint density at radius 1 is 1.11 bits per heavy atom. The smallest absolute Gasteiger partial charge is 0.339 e. The minimum absolute atomic E-state index is 0.134. The number of halogens is 1. The molecule has 0 spiro atoms. The fraction of sp³-hybridized carbons (Fsp3) is 0.0714. The van der Waals surface area contributed by atoms with E-state index in [1.165, 1.54) is 12.1 Å². The van der Waals surface area contributed by atoms with E-state index in [0.29, 0.717) is 17.0 Å². The van der Waals surface area contributed by atoms with Crippen LogP contribution in [0, 0.1) is 0 Å². The molecule has 4 heteroatoms. The standard InChI is InChI=1S/C14H11ClO3/c15-12-7-6-10(14(17)18)13(16)11(12)8-9-4-2-1-3-5-9/h1-7,16H,8H2,(H,17,18). The third kappa shape index (κ3) is 2.46. The summed E-state index contributed by atoms with van der Waals surface area (Å²) in [6, 6.07) is 12.2. The van der Waals surface area contributed by atoms with Gasteiger partial charge in [0.05, 0.1) is 0 Å². The quantitative estimate of drug-likeness (QED) is 0.892. The Hall–Kier alpha value is -2.00. The monoisotopic (exact) mass is 262 g/mol. The highest BCUT2D eigenvalue weighted by atomic mass is 35.5. The van der Waals surface area contributed by atoms with Crippen LogP contribution in [0.5, 0.6) is 5.75 Å². The molecule has 0 bridgehead atoms. The van der Waals surface area contributed by atoms with E-state index in [-0.39, 0.29) is 11.3 Å². The van der Waals surface area contributed by atoms with E-state index in [9.17, 15) is 9.90 Å². The molecule has 0 atom stereocenters. The molecule has 0 aliphatic rings. The summed E-state index contributed by atoms with van der Waals surface area (Å²) in [6.07, 6.45) is 0.395. The number of hydrogen-bond acceptors (Lipinski definition) is 2. The van der Waals surface area contributed by atoms with Crippen LogP contribution in [0.2, 0.25) is 5.02 Å². The zero-order valence-electron chi connectivity index (χ0n) is 9.43. The van der Waals surface area contributed by atoms with E-state index in [0.717, 1.165) is 5.56 Å². The van der Waals surface area contributed by atoms with Crippen molar-refractivity contribution < 1.29 is 15.0 Å². The molecule has 2 rings (SSSR count). The molecule has 3 nitrogen and oxygen atoms in total. The maximum absolute atomic E-state index is 10.9. The van der Waals surface area contributed by atoms with Gasteiger partial charge in [-0.15, -0.1) is 0 Å². The summed E-state index contributed by atoms with van der Waals surface area (Å²) in [5.41, 5.74) is 1.25. The first-order valence-corrected chi connectivity index (χ1v) is 5.75. The lowest BCUT2D eigenvalue weighted by Gasteiger charge is -2.09. The van der Waals surface area contributed by atoms with Crippen LogP contribution in [0.25, 0.3) is 0 Å². The summed E-state index contributed by atoms with van der Waals surface area (Å²) < 4.78 is 0. The maximum Gasteiger partial charge on any atom is 0.339 e. The van der Waals surface area contributed by atoms with Gasteiger partial charge in [-0.05, 0) is 17.7 Å². The predicted molar refractivity (Wildman–Crippen MR) is 69.3 cm³/mol. The molecule has 0 fully saturated rings. The molecule has 0 aliphatic carbocycles. The lowest BCUT2D eigenvalue weighted by Crippen LogP contribution is -2.00. The number of aromatic carboxylic acids is 1. The summed E-state index contributed by atoms with van der Waals surface area (Å²) >= 11 is 6.00. The zero-order valence-corrected chi connectivity index (χ0v) is 10.2. The van der Waals surface area contributed by atoms with Crippen molar-refractivity contribution in [2.75, 3.05) is 0 Å². The first-order valence-electron chi connectivity index (χ1n) is 5.37. The highest BCUT2D eigenvalue weighted by Crippen LogP contribution is 2.31. The molecule has 0 aliphatic heterocycles. The van der Waals surface area contributed by atoms with Crippen molar-refractivity contribution in [2.24, 2.45) is 0 Å². The van der Waals surface area contributed by atoms with Gasteiger partial charge < -0.3 is 10.2 Å². The molecule has 2 aromatic carbocycles.